The van der Waals surface area contributed by atoms with Crippen LogP contribution in [-0.2, 0) is 9.59 Å². The Morgan fingerprint density at radius 2 is 1.61 bits per heavy atom. The van der Waals surface area contributed by atoms with Crippen molar-refractivity contribution >= 4 is 17.5 Å². The smallest absolute Gasteiger partial charge is 0.229 e. The second-order valence-corrected chi connectivity index (χ2v) is 6.81. The van der Waals surface area contributed by atoms with Crippen molar-refractivity contribution in [1.82, 2.24) is 4.90 Å². The molecule has 4 nitrogen and oxygen atoms in total. The van der Waals surface area contributed by atoms with Crippen molar-refractivity contribution in [3.63, 3.8) is 0 Å². The Bertz CT molecular complexity index is 538. The van der Waals surface area contributed by atoms with Gasteiger partial charge in [-0.25, -0.2) is 0 Å². The fourth-order valence-electron chi connectivity index (χ4n) is 3.76. The average Bonchev–Trinajstić information content (AvgIpc) is 2.63. The van der Waals surface area contributed by atoms with E-state index in [4.69, 9.17) is 0 Å². The van der Waals surface area contributed by atoms with Crippen LogP contribution < -0.4 is 5.32 Å². The highest BCUT2D eigenvalue weighted by molar-refractivity contribution is 5.93. The van der Waals surface area contributed by atoms with Crippen LogP contribution in [0.15, 0.2) is 30.3 Å². The van der Waals surface area contributed by atoms with Gasteiger partial charge in [0.1, 0.15) is 0 Å². The first-order valence-electron chi connectivity index (χ1n) is 8.89. The highest BCUT2D eigenvalue weighted by atomic mass is 16.2. The molecule has 2 aliphatic rings. The molecule has 1 aliphatic carbocycles. The molecule has 0 spiro atoms. The number of benzene rings is 1. The highest BCUT2D eigenvalue weighted by Gasteiger charge is 2.32. The summed E-state index contributed by atoms with van der Waals surface area (Å²) in [5.74, 6) is 0.426. The van der Waals surface area contributed by atoms with Crippen LogP contribution in [0.25, 0.3) is 0 Å². The molecule has 124 valence electrons. The second-order valence-electron chi connectivity index (χ2n) is 6.81. The Hall–Kier alpha value is -1.84. The van der Waals surface area contributed by atoms with E-state index in [-0.39, 0.29) is 23.7 Å². The van der Waals surface area contributed by atoms with Crippen LogP contribution in [-0.4, -0.2) is 29.8 Å². The average molecular weight is 314 g/mol. The van der Waals surface area contributed by atoms with E-state index >= 15 is 0 Å². The van der Waals surface area contributed by atoms with Crippen LogP contribution in [0.1, 0.15) is 44.9 Å². The number of hydrogen-bond acceptors (Lipinski definition) is 2. The third-order valence-corrected chi connectivity index (χ3v) is 5.10. The van der Waals surface area contributed by atoms with Crippen LogP contribution in [0.4, 0.5) is 5.69 Å². The topological polar surface area (TPSA) is 49.4 Å². The summed E-state index contributed by atoms with van der Waals surface area (Å²) in [6, 6.07) is 9.54. The zero-order chi connectivity index (χ0) is 16.1. The Kier molecular flexibility index (Phi) is 5.31. The van der Waals surface area contributed by atoms with E-state index in [1.807, 2.05) is 35.2 Å². The van der Waals surface area contributed by atoms with Gasteiger partial charge < -0.3 is 10.2 Å². The summed E-state index contributed by atoms with van der Waals surface area (Å²) in [5, 5.41) is 2.97. The Labute approximate surface area is 138 Å². The summed E-state index contributed by atoms with van der Waals surface area (Å²) in [6.45, 7) is 1.39. The number of amides is 2. The van der Waals surface area contributed by atoms with Gasteiger partial charge in [0.15, 0.2) is 0 Å². The van der Waals surface area contributed by atoms with Crippen molar-refractivity contribution in [2.45, 2.75) is 44.9 Å². The molecule has 1 saturated heterocycles. The first-order valence-corrected chi connectivity index (χ1v) is 8.89. The van der Waals surface area contributed by atoms with Crippen molar-refractivity contribution in [3.8, 4) is 0 Å². The molecule has 0 bridgehead atoms. The van der Waals surface area contributed by atoms with Gasteiger partial charge in [0.05, 0.1) is 5.92 Å². The molecule has 1 heterocycles. The summed E-state index contributed by atoms with van der Waals surface area (Å²) >= 11 is 0. The molecular formula is C19H26N2O2. The number of para-hydroxylation sites is 1. The molecule has 23 heavy (non-hydrogen) atoms. The number of hydrogen-bond donors (Lipinski definition) is 1. The summed E-state index contributed by atoms with van der Waals surface area (Å²) < 4.78 is 0. The van der Waals surface area contributed by atoms with E-state index in [2.05, 4.69) is 5.32 Å². The zero-order valence-electron chi connectivity index (χ0n) is 13.7. The molecule has 1 aromatic rings. The number of carbonyl (C=O) groups excluding carboxylic acids is 2. The number of piperidine rings is 1. The largest absolute Gasteiger partial charge is 0.342 e. The standard InChI is InChI=1S/C19H26N2O2/c22-18(20-17-11-5-2-6-12-17)16-10-7-13-21(14-16)19(23)15-8-3-1-4-9-15/h2,5-6,11-12,15-16H,1,3-4,7-10,13-14H2,(H,20,22)/t16-/m1/s1. The lowest BCUT2D eigenvalue weighted by Crippen LogP contribution is -2.46. The fourth-order valence-corrected chi connectivity index (χ4v) is 3.76. The van der Waals surface area contributed by atoms with Gasteiger partial charge in [0.2, 0.25) is 11.8 Å². The molecule has 2 fully saturated rings. The molecule has 4 heteroatoms. The number of anilines is 1. The number of carbonyl (C=O) groups is 2. The van der Waals surface area contributed by atoms with Crippen molar-refractivity contribution in [3.05, 3.63) is 30.3 Å². The van der Waals surface area contributed by atoms with Gasteiger partial charge in [-0.05, 0) is 37.8 Å². The van der Waals surface area contributed by atoms with Crippen molar-refractivity contribution in [1.29, 1.82) is 0 Å². The van der Waals surface area contributed by atoms with E-state index in [0.717, 1.165) is 37.9 Å². The molecule has 2 amide bonds. The maximum absolute atomic E-state index is 12.7. The maximum atomic E-state index is 12.7. The molecule has 0 unspecified atom stereocenters. The van der Waals surface area contributed by atoms with Crippen LogP contribution in [0.2, 0.25) is 0 Å². The number of nitrogens with zero attached hydrogens (tertiary/aromatic N) is 1. The van der Waals surface area contributed by atoms with Gasteiger partial charge in [-0.3, -0.25) is 9.59 Å². The first-order chi connectivity index (χ1) is 11.2. The molecular weight excluding hydrogens is 288 g/mol. The predicted octanol–water partition coefficient (Wildman–Crippen LogP) is 3.44. The molecule has 0 aromatic heterocycles. The lowest BCUT2D eigenvalue weighted by atomic mass is 9.87. The van der Waals surface area contributed by atoms with Crippen molar-refractivity contribution < 1.29 is 9.59 Å². The van der Waals surface area contributed by atoms with Crippen LogP contribution in [0.3, 0.4) is 0 Å². The minimum Gasteiger partial charge on any atom is -0.342 e. The molecule has 1 aromatic carbocycles. The van der Waals surface area contributed by atoms with E-state index in [0.29, 0.717) is 6.54 Å². The van der Waals surface area contributed by atoms with Crippen molar-refractivity contribution in [2.24, 2.45) is 11.8 Å². The number of rotatable bonds is 3. The minimum atomic E-state index is -0.0866. The molecule has 1 N–H and O–H groups in total. The van der Waals surface area contributed by atoms with Gasteiger partial charge >= 0.3 is 0 Å². The van der Waals surface area contributed by atoms with Crippen molar-refractivity contribution in [2.75, 3.05) is 18.4 Å². The van der Waals surface area contributed by atoms with Gasteiger partial charge in [-0.15, -0.1) is 0 Å². The third kappa shape index (κ3) is 4.12. The van der Waals surface area contributed by atoms with Gasteiger partial charge in [0, 0.05) is 24.7 Å². The second kappa shape index (κ2) is 7.62. The van der Waals surface area contributed by atoms with Crippen LogP contribution >= 0.6 is 0 Å². The maximum Gasteiger partial charge on any atom is 0.229 e. The highest BCUT2D eigenvalue weighted by Crippen LogP contribution is 2.28. The third-order valence-electron chi connectivity index (χ3n) is 5.10. The molecule has 0 radical (unpaired) electrons. The van der Waals surface area contributed by atoms with Crippen LogP contribution in [0.5, 0.6) is 0 Å². The SMILES string of the molecule is O=C(Nc1ccccc1)[C@@H]1CCCN(C(=O)C2CCCCC2)C1. The minimum absolute atomic E-state index is 0.0392. The first kappa shape index (κ1) is 16.0. The Morgan fingerprint density at radius 3 is 2.35 bits per heavy atom. The van der Waals surface area contributed by atoms with Gasteiger partial charge in [-0.2, -0.15) is 0 Å². The number of nitrogens with one attached hydrogen (secondary N) is 1. The lowest BCUT2D eigenvalue weighted by Gasteiger charge is -2.35. The summed E-state index contributed by atoms with van der Waals surface area (Å²) in [6.07, 6.45) is 7.43. The van der Waals surface area contributed by atoms with E-state index in [9.17, 15) is 9.59 Å². The summed E-state index contributed by atoms with van der Waals surface area (Å²) in [7, 11) is 0. The summed E-state index contributed by atoms with van der Waals surface area (Å²) in [5.41, 5.74) is 0.827. The van der Waals surface area contributed by atoms with Crippen LogP contribution in [0, 0.1) is 11.8 Å². The Morgan fingerprint density at radius 1 is 0.913 bits per heavy atom. The van der Waals surface area contributed by atoms with Gasteiger partial charge in [-0.1, -0.05) is 37.5 Å². The monoisotopic (exact) mass is 314 g/mol. The molecule has 3 rings (SSSR count). The molecule has 1 atom stereocenters. The predicted molar refractivity (Wildman–Crippen MR) is 91.0 cm³/mol. The number of likely N-dealkylation sites (tertiary alicyclic amines) is 1. The van der Waals surface area contributed by atoms with E-state index in [1.54, 1.807) is 0 Å². The lowest BCUT2D eigenvalue weighted by molar-refractivity contribution is -0.139. The molecule has 1 aliphatic heterocycles. The van der Waals surface area contributed by atoms with E-state index < -0.39 is 0 Å². The molecule has 1 saturated carbocycles. The summed E-state index contributed by atoms with van der Waals surface area (Å²) in [4.78, 5) is 27.1. The van der Waals surface area contributed by atoms with Gasteiger partial charge in [0.25, 0.3) is 0 Å². The Balaban J connectivity index is 1.57. The van der Waals surface area contributed by atoms with E-state index in [1.165, 1.54) is 19.3 Å². The normalized spacial score (nSPS) is 22.6. The quantitative estimate of drug-likeness (QED) is 0.929. The zero-order valence-corrected chi connectivity index (χ0v) is 13.7. The fraction of sp³-hybridized carbons (Fsp3) is 0.579.